The van der Waals surface area contributed by atoms with Crippen LogP contribution in [-0.4, -0.2) is 16.5 Å². The molecule has 0 fully saturated rings. The minimum Gasteiger partial charge on any atom is -0.356 e. The Bertz CT molecular complexity index is 611. The van der Waals surface area contributed by atoms with E-state index in [9.17, 15) is 0 Å². The maximum absolute atomic E-state index is 4.55. The van der Waals surface area contributed by atoms with Crippen molar-refractivity contribution in [2.75, 3.05) is 11.9 Å². The Morgan fingerprint density at radius 3 is 2.07 bits per heavy atom. The average molecular weight is 384 g/mol. The van der Waals surface area contributed by atoms with Gasteiger partial charge < -0.3 is 10.3 Å². The SMILES string of the molecule is CCCCCCCC/C=C\CCCCCCCCNc1nc2ccccc2[nH]1. The van der Waals surface area contributed by atoms with Gasteiger partial charge in [-0.05, 0) is 44.2 Å². The molecular weight excluding hydrogens is 342 g/mol. The van der Waals surface area contributed by atoms with E-state index in [2.05, 4.69) is 40.4 Å². The van der Waals surface area contributed by atoms with Gasteiger partial charge in [0.15, 0.2) is 0 Å². The van der Waals surface area contributed by atoms with Crippen molar-refractivity contribution >= 4 is 17.0 Å². The van der Waals surface area contributed by atoms with Gasteiger partial charge in [-0.25, -0.2) is 4.98 Å². The van der Waals surface area contributed by atoms with Crippen LogP contribution in [0.1, 0.15) is 96.8 Å². The number of allylic oxidation sites excluding steroid dienone is 2. The number of anilines is 1. The van der Waals surface area contributed by atoms with Gasteiger partial charge in [0.2, 0.25) is 5.95 Å². The summed E-state index contributed by atoms with van der Waals surface area (Å²) in [4.78, 5) is 7.87. The monoisotopic (exact) mass is 383 g/mol. The van der Waals surface area contributed by atoms with Crippen LogP contribution in [-0.2, 0) is 0 Å². The Kier molecular flexibility index (Phi) is 12.2. The quantitative estimate of drug-likeness (QED) is 0.214. The molecular formula is C25H41N3. The molecule has 3 heteroatoms. The first-order valence-corrected chi connectivity index (χ1v) is 11.7. The number of nitrogens with zero attached hydrogens (tertiary/aromatic N) is 1. The molecule has 0 saturated heterocycles. The molecule has 0 aliphatic carbocycles. The number of benzene rings is 1. The van der Waals surface area contributed by atoms with Gasteiger partial charge in [-0.3, -0.25) is 0 Å². The predicted octanol–water partition coefficient (Wildman–Crippen LogP) is 8.01. The van der Waals surface area contributed by atoms with Crippen LogP contribution in [0.15, 0.2) is 36.4 Å². The minimum absolute atomic E-state index is 0.897. The molecule has 28 heavy (non-hydrogen) atoms. The molecule has 3 nitrogen and oxygen atoms in total. The van der Waals surface area contributed by atoms with Crippen LogP contribution < -0.4 is 5.32 Å². The predicted molar refractivity (Wildman–Crippen MR) is 124 cm³/mol. The number of hydrogen-bond acceptors (Lipinski definition) is 2. The maximum atomic E-state index is 4.55. The molecule has 0 aliphatic heterocycles. The standard InChI is InChI=1S/C25H41N3/c1-2-3-4-5-6-7-8-9-10-11-12-13-14-15-16-19-22-26-25-27-23-20-17-18-21-24(23)28-25/h9-10,17-18,20-21H,2-8,11-16,19,22H2,1H3,(H2,26,27,28)/b10-9-. The third kappa shape index (κ3) is 9.96. The summed E-state index contributed by atoms with van der Waals surface area (Å²) in [6.07, 6.45) is 23.7. The van der Waals surface area contributed by atoms with Gasteiger partial charge in [-0.2, -0.15) is 0 Å². The highest BCUT2D eigenvalue weighted by atomic mass is 15.1. The number of para-hydroxylation sites is 2. The Morgan fingerprint density at radius 2 is 1.39 bits per heavy atom. The number of unbranched alkanes of at least 4 members (excludes halogenated alkanes) is 12. The number of fused-ring (bicyclic) bond motifs is 1. The topological polar surface area (TPSA) is 40.7 Å². The lowest BCUT2D eigenvalue weighted by atomic mass is 10.1. The first-order valence-electron chi connectivity index (χ1n) is 11.7. The molecule has 0 atom stereocenters. The van der Waals surface area contributed by atoms with Crippen LogP contribution in [0.3, 0.4) is 0 Å². The summed E-state index contributed by atoms with van der Waals surface area (Å²) in [5, 5.41) is 3.41. The van der Waals surface area contributed by atoms with Crippen LogP contribution in [0.2, 0.25) is 0 Å². The molecule has 1 aromatic carbocycles. The third-order valence-corrected chi connectivity index (χ3v) is 5.37. The largest absolute Gasteiger partial charge is 0.356 e. The van der Waals surface area contributed by atoms with E-state index in [1.807, 2.05) is 18.2 Å². The number of aromatic nitrogens is 2. The van der Waals surface area contributed by atoms with E-state index in [0.717, 1.165) is 23.5 Å². The van der Waals surface area contributed by atoms with Crippen molar-refractivity contribution in [3.8, 4) is 0 Å². The van der Waals surface area contributed by atoms with E-state index in [1.165, 1.54) is 89.9 Å². The average Bonchev–Trinajstić information content (AvgIpc) is 3.13. The number of aromatic amines is 1. The smallest absolute Gasteiger partial charge is 0.201 e. The second-order valence-electron chi connectivity index (χ2n) is 7.97. The first-order chi connectivity index (χ1) is 13.9. The lowest BCUT2D eigenvalue weighted by molar-refractivity contribution is 0.602. The zero-order chi connectivity index (χ0) is 19.7. The number of imidazole rings is 1. The molecule has 0 radical (unpaired) electrons. The molecule has 2 N–H and O–H groups in total. The first kappa shape index (κ1) is 22.5. The van der Waals surface area contributed by atoms with E-state index in [0.29, 0.717) is 0 Å². The fourth-order valence-corrected chi connectivity index (χ4v) is 3.62. The van der Waals surface area contributed by atoms with Crippen molar-refractivity contribution in [3.05, 3.63) is 36.4 Å². The van der Waals surface area contributed by atoms with Crippen LogP contribution in [0.25, 0.3) is 11.0 Å². The lowest BCUT2D eigenvalue weighted by Gasteiger charge is -2.03. The molecule has 0 aliphatic rings. The molecule has 0 spiro atoms. The highest BCUT2D eigenvalue weighted by molar-refractivity contribution is 5.77. The highest BCUT2D eigenvalue weighted by Gasteiger charge is 2.00. The van der Waals surface area contributed by atoms with Crippen molar-refractivity contribution < 1.29 is 0 Å². The Labute approximate surface area is 172 Å². The molecule has 1 aromatic heterocycles. The van der Waals surface area contributed by atoms with Crippen molar-refractivity contribution in [1.29, 1.82) is 0 Å². The Balaban J connectivity index is 1.34. The van der Waals surface area contributed by atoms with Gasteiger partial charge in [-0.1, -0.05) is 89.0 Å². The Morgan fingerprint density at radius 1 is 0.786 bits per heavy atom. The van der Waals surface area contributed by atoms with Gasteiger partial charge in [-0.15, -0.1) is 0 Å². The molecule has 2 aromatic rings. The summed E-state index contributed by atoms with van der Waals surface area (Å²) in [6.45, 7) is 3.28. The van der Waals surface area contributed by atoms with Crippen molar-refractivity contribution in [2.24, 2.45) is 0 Å². The van der Waals surface area contributed by atoms with Crippen molar-refractivity contribution in [1.82, 2.24) is 9.97 Å². The third-order valence-electron chi connectivity index (χ3n) is 5.37. The summed E-state index contributed by atoms with van der Waals surface area (Å²) < 4.78 is 0. The molecule has 2 rings (SSSR count). The van der Waals surface area contributed by atoms with Crippen LogP contribution in [0.5, 0.6) is 0 Å². The summed E-state index contributed by atoms with van der Waals surface area (Å²) in [5.74, 6) is 0.897. The number of hydrogen-bond donors (Lipinski definition) is 2. The fourth-order valence-electron chi connectivity index (χ4n) is 3.62. The summed E-state index contributed by atoms with van der Waals surface area (Å²) in [5.41, 5.74) is 2.14. The van der Waals surface area contributed by atoms with Crippen LogP contribution in [0, 0.1) is 0 Å². The van der Waals surface area contributed by atoms with Crippen molar-refractivity contribution in [2.45, 2.75) is 96.8 Å². The highest BCUT2D eigenvalue weighted by Crippen LogP contribution is 2.14. The summed E-state index contributed by atoms with van der Waals surface area (Å²) in [6, 6.07) is 8.17. The van der Waals surface area contributed by atoms with Crippen LogP contribution in [0.4, 0.5) is 5.95 Å². The lowest BCUT2D eigenvalue weighted by Crippen LogP contribution is -2.02. The zero-order valence-corrected chi connectivity index (χ0v) is 18.0. The molecule has 156 valence electrons. The van der Waals surface area contributed by atoms with E-state index in [4.69, 9.17) is 0 Å². The molecule has 1 heterocycles. The molecule has 0 amide bonds. The van der Waals surface area contributed by atoms with Gasteiger partial charge in [0.1, 0.15) is 0 Å². The summed E-state index contributed by atoms with van der Waals surface area (Å²) >= 11 is 0. The second kappa shape index (κ2) is 15.2. The molecule has 0 unspecified atom stereocenters. The fraction of sp³-hybridized carbons (Fsp3) is 0.640. The van der Waals surface area contributed by atoms with Gasteiger partial charge in [0, 0.05) is 6.54 Å². The minimum atomic E-state index is 0.897. The molecule has 0 bridgehead atoms. The van der Waals surface area contributed by atoms with Gasteiger partial charge in [0.05, 0.1) is 11.0 Å². The normalized spacial score (nSPS) is 11.6. The number of nitrogens with one attached hydrogen (secondary N) is 2. The van der Waals surface area contributed by atoms with E-state index < -0.39 is 0 Å². The number of H-pyrrole nitrogens is 1. The van der Waals surface area contributed by atoms with Crippen LogP contribution >= 0.6 is 0 Å². The van der Waals surface area contributed by atoms with Gasteiger partial charge >= 0.3 is 0 Å². The maximum Gasteiger partial charge on any atom is 0.201 e. The van der Waals surface area contributed by atoms with E-state index in [1.54, 1.807) is 0 Å². The zero-order valence-electron chi connectivity index (χ0n) is 18.0. The second-order valence-corrected chi connectivity index (χ2v) is 7.97. The van der Waals surface area contributed by atoms with Crippen molar-refractivity contribution in [3.63, 3.8) is 0 Å². The summed E-state index contributed by atoms with van der Waals surface area (Å²) in [7, 11) is 0. The van der Waals surface area contributed by atoms with E-state index >= 15 is 0 Å². The van der Waals surface area contributed by atoms with Gasteiger partial charge in [0.25, 0.3) is 0 Å². The molecule has 0 saturated carbocycles. The Hall–Kier alpha value is -1.77. The number of rotatable bonds is 17. The van der Waals surface area contributed by atoms with E-state index in [-0.39, 0.29) is 0 Å².